The molecule has 0 aliphatic carbocycles. The van der Waals surface area contributed by atoms with Gasteiger partial charge in [0.25, 0.3) is 0 Å². The zero-order valence-electron chi connectivity index (χ0n) is 21.4. The maximum Gasteiger partial charge on any atom is 0.348 e. The van der Waals surface area contributed by atoms with Crippen LogP contribution in [0.25, 0.3) is 0 Å². The molecule has 0 aromatic heterocycles. The van der Waals surface area contributed by atoms with E-state index in [4.69, 9.17) is 4.74 Å². The molecule has 0 saturated heterocycles. The van der Waals surface area contributed by atoms with Gasteiger partial charge < -0.3 is 4.74 Å². The van der Waals surface area contributed by atoms with E-state index in [1.165, 1.54) is 0 Å². The summed E-state index contributed by atoms with van der Waals surface area (Å²) < 4.78 is 5.41. The maximum absolute atomic E-state index is 13.5. The van der Waals surface area contributed by atoms with Crippen LogP contribution in [0.3, 0.4) is 0 Å². The molecule has 0 N–H and O–H groups in total. The van der Waals surface area contributed by atoms with Gasteiger partial charge in [-0.3, -0.25) is 0 Å². The van der Waals surface area contributed by atoms with Crippen molar-refractivity contribution in [2.45, 2.75) is 27.7 Å². The van der Waals surface area contributed by atoms with Crippen molar-refractivity contribution in [1.82, 2.24) is 0 Å². The van der Waals surface area contributed by atoms with Crippen molar-refractivity contribution in [2.75, 3.05) is 0 Å². The van der Waals surface area contributed by atoms with Crippen LogP contribution in [0.2, 0.25) is 0 Å². The van der Waals surface area contributed by atoms with Crippen LogP contribution in [0.4, 0.5) is 0 Å². The summed E-state index contributed by atoms with van der Waals surface area (Å²) in [6.45, 7) is 8.18. The Morgan fingerprint density at radius 2 is 0.622 bits per heavy atom. The van der Waals surface area contributed by atoms with E-state index in [-0.39, 0.29) is 0 Å². The van der Waals surface area contributed by atoms with Gasteiger partial charge in [-0.1, -0.05) is 119 Å². The standard InChI is InChI=1S/C32H28O3P2/c1-21-5-13-25(14-6-21)36(26-15-7-22(2)8-16-26)29-30(32(34)35-31(29)33)37(27-17-9-23(3)10-18-27)28-19-11-24(4)12-20-28/h5-20H,1-4H3. The van der Waals surface area contributed by atoms with Crippen molar-refractivity contribution >= 4 is 49.0 Å². The molecule has 1 heterocycles. The monoisotopic (exact) mass is 522 g/mol. The van der Waals surface area contributed by atoms with Crippen LogP contribution < -0.4 is 21.2 Å². The second-order valence-corrected chi connectivity index (χ2v) is 13.7. The summed E-state index contributed by atoms with van der Waals surface area (Å²) in [4.78, 5) is 27.0. The highest BCUT2D eigenvalue weighted by Crippen LogP contribution is 2.56. The van der Waals surface area contributed by atoms with Crippen LogP contribution >= 0.6 is 15.8 Å². The van der Waals surface area contributed by atoms with Gasteiger partial charge in [-0.2, -0.15) is 0 Å². The summed E-state index contributed by atoms with van der Waals surface area (Å²) in [5, 5.41) is 5.08. The molecule has 0 amide bonds. The molecule has 4 aromatic carbocycles. The van der Waals surface area contributed by atoms with Crippen LogP contribution in [-0.4, -0.2) is 11.9 Å². The number of hydrogen-bond acceptors (Lipinski definition) is 3. The number of rotatable bonds is 6. The number of aryl methyl sites for hydroxylation is 4. The van der Waals surface area contributed by atoms with E-state index in [1.807, 2.05) is 27.7 Å². The molecular formula is C32H28O3P2. The number of esters is 2. The number of hydrogen-bond donors (Lipinski definition) is 0. The highest BCUT2D eigenvalue weighted by molar-refractivity contribution is 7.82. The first kappa shape index (κ1) is 25.3. The smallest absolute Gasteiger partial charge is 0.348 e. The lowest BCUT2D eigenvalue weighted by Gasteiger charge is -2.23. The predicted octanol–water partition coefficient (Wildman–Crippen LogP) is 5.78. The normalized spacial score (nSPS) is 13.6. The predicted molar refractivity (Wildman–Crippen MR) is 155 cm³/mol. The molecule has 0 unspecified atom stereocenters. The van der Waals surface area contributed by atoms with E-state index in [1.54, 1.807) is 0 Å². The lowest BCUT2D eigenvalue weighted by molar-refractivity contribution is -0.150. The van der Waals surface area contributed by atoms with Crippen molar-refractivity contribution in [3.05, 3.63) is 130 Å². The molecule has 37 heavy (non-hydrogen) atoms. The van der Waals surface area contributed by atoms with Gasteiger partial charge in [0, 0.05) is 0 Å². The fraction of sp³-hybridized carbons (Fsp3) is 0.125. The van der Waals surface area contributed by atoms with E-state index in [0.29, 0.717) is 10.6 Å². The number of carbonyl (C=O) groups excluding carboxylic acids is 2. The van der Waals surface area contributed by atoms with E-state index >= 15 is 0 Å². The first-order valence-electron chi connectivity index (χ1n) is 12.2. The average Bonchev–Trinajstić information content (AvgIpc) is 3.17. The van der Waals surface area contributed by atoms with Gasteiger partial charge in [0.1, 0.15) is 0 Å². The Bertz CT molecular complexity index is 1280. The topological polar surface area (TPSA) is 43.4 Å². The van der Waals surface area contributed by atoms with Crippen LogP contribution in [0.1, 0.15) is 22.3 Å². The molecule has 0 atom stereocenters. The van der Waals surface area contributed by atoms with Crippen LogP contribution in [-0.2, 0) is 14.3 Å². The number of ether oxygens (including phenoxy) is 1. The van der Waals surface area contributed by atoms with Crippen molar-refractivity contribution in [3.8, 4) is 0 Å². The van der Waals surface area contributed by atoms with E-state index in [9.17, 15) is 9.59 Å². The van der Waals surface area contributed by atoms with E-state index in [2.05, 4.69) is 97.1 Å². The molecule has 0 radical (unpaired) electrons. The van der Waals surface area contributed by atoms with Crippen LogP contribution in [0.5, 0.6) is 0 Å². The molecule has 0 spiro atoms. The minimum Gasteiger partial charge on any atom is -0.386 e. The Balaban J connectivity index is 1.80. The third-order valence-electron chi connectivity index (χ3n) is 6.41. The third-order valence-corrected chi connectivity index (χ3v) is 11.6. The molecule has 1 aliphatic heterocycles. The van der Waals surface area contributed by atoms with Crippen molar-refractivity contribution in [1.29, 1.82) is 0 Å². The molecule has 0 saturated carbocycles. The largest absolute Gasteiger partial charge is 0.386 e. The SMILES string of the molecule is Cc1ccc(P(C2=C(P(c3ccc(C)cc3)c3ccc(C)cc3)C(=O)OC2=O)c2ccc(C)cc2)cc1. The second-order valence-electron chi connectivity index (χ2n) is 9.39. The van der Waals surface area contributed by atoms with Crippen molar-refractivity contribution in [3.63, 3.8) is 0 Å². The summed E-state index contributed by atoms with van der Waals surface area (Å²) in [5.74, 6) is -1.06. The lowest BCUT2D eigenvalue weighted by Crippen LogP contribution is -2.19. The summed E-state index contributed by atoms with van der Waals surface area (Å²) in [5.41, 5.74) is 4.57. The van der Waals surface area contributed by atoms with Crippen LogP contribution in [0, 0.1) is 27.7 Å². The average molecular weight is 523 g/mol. The number of cyclic esters (lactones) is 2. The third kappa shape index (κ3) is 5.21. The molecule has 5 heteroatoms. The molecule has 0 bridgehead atoms. The second kappa shape index (κ2) is 10.5. The number of carbonyl (C=O) groups is 2. The zero-order chi connectivity index (χ0) is 26.1. The van der Waals surface area contributed by atoms with Gasteiger partial charge in [-0.05, 0) is 64.8 Å². The fourth-order valence-corrected chi connectivity index (χ4v) is 9.44. The number of benzene rings is 4. The molecule has 4 aromatic rings. The summed E-state index contributed by atoms with van der Waals surface area (Å²) >= 11 is 0. The van der Waals surface area contributed by atoms with Crippen molar-refractivity contribution in [2.24, 2.45) is 0 Å². The Hall–Kier alpha value is -3.38. The molecule has 1 aliphatic rings. The summed E-state index contributed by atoms with van der Waals surface area (Å²) in [6, 6.07) is 33.0. The quantitative estimate of drug-likeness (QED) is 0.183. The highest BCUT2D eigenvalue weighted by atomic mass is 31.1. The van der Waals surface area contributed by atoms with Gasteiger partial charge in [0.15, 0.2) is 0 Å². The molecule has 5 rings (SSSR count). The first-order chi connectivity index (χ1) is 17.8. The minimum atomic E-state index is -1.31. The first-order valence-corrected chi connectivity index (χ1v) is 14.9. The Labute approximate surface area is 220 Å². The zero-order valence-corrected chi connectivity index (χ0v) is 23.1. The van der Waals surface area contributed by atoms with Gasteiger partial charge >= 0.3 is 11.9 Å². The molecule has 3 nitrogen and oxygen atoms in total. The summed E-state index contributed by atoms with van der Waals surface area (Å²) in [6.07, 6.45) is 0. The van der Waals surface area contributed by atoms with Gasteiger partial charge in [-0.15, -0.1) is 0 Å². The Morgan fingerprint density at radius 1 is 0.405 bits per heavy atom. The van der Waals surface area contributed by atoms with Crippen molar-refractivity contribution < 1.29 is 14.3 Å². The van der Waals surface area contributed by atoms with Gasteiger partial charge in [0.05, 0.1) is 10.6 Å². The minimum absolute atomic E-state index is 0.500. The summed E-state index contributed by atoms with van der Waals surface area (Å²) in [7, 11) is -2.61. The highest BCUT2D eigenvalue weighted by Gasteiger charge is 2.43. The maximum atomic E-state index is 13.5. The van der Waals surface area contributed by atoms with Gasteiger partial charge in [-0.25, -0.2) is 9.59 Å². The van der Waals surface area contributed by atoms with E-state index in [0.717, 1.165) is 43.5 Å². The fourth-order valence-electron chi connectivity index (χ4n) is 4.36. The molecular weight excluding hydrogens is 494 g/mol. The Morgan fingerprint density at radius 3 is 0.838 bits per heavy atom. The lowest BCUT2D eigenvalue weighted by atomic mass is 10.2. The molecule has 0 fully saturated rings. The van der Waals surface area contributed by atoms with Crippen LogP contribution in [0.15, 0.2) is 108 Å². The van der Waals surface area contributed by atoms with E-state index < -0.39 is 27.8 Å². The molecule has 184 valence electrons. The Kier molecular flexibility index (Phi) is 7.20. The van der Waals surface area contributed by atoms with Gasteiger partial charge in [0.2, 0.25) is 0 Å².